The molecule has 68 valence electrons. The first-order valence-electron chi connectivity index (χ1n) is 4.62. The summed E-state index contributed by atoms with van der Waals surface area (Å²) in [6, 6.07) is 0. The SMILES string of the molecule is C=C1CC(CCCCC)OC1=O. The van der Waals surface area contributed by atoms with Gasteiger partial charge in [0, 0.05) is 12.0 Å². The Morgan fingerprint density at radius 3 is 2.83 bits per heavy atom. The number of cyclic esters (lactones) is 1. The standard InChI is InChI=1S/C10H16O2/c1-3-4-5-6-9-7-8(2)10(11)12-9/h9H,2-7H2,1H3. The molecule has 0 bridgehead atoms. The zero-order valence-electron chi connectivity index (χ0n) is 7.64. The molecule has 1 atom stereocenters. The molecule has 1 aliphatic rings. The summed E-state index contributed by atoms with van der Waals surface area (Å²) in [6.07, 6.45) is 5.45. The molecule has 2 heteroatoms. The number of unbranched alkanes of at least 4 members (excludes halogenated alkanes) is 2. The van der Waals surface area contributed by atoms with Gasteiger partial charge in [0.25, 0.3) is 0 Å². The quantitative estimate of drug-likeness (QED) is 0.366. The summed E-state index contributed by atoms with van der Waals surface area (Å²) in [5.41, 5.74) is 0.636. The van der Waals surface area contributed by atoms with Crippen LogP contribution in [0.4, 0.5) is 0 Å². The second-order valence-corrected chi connectivity index (χ2v) is 3.33. The van der Waals surface area contributed by atoms with Crippen LogP contribution in [0.1, 0.15) is 39.0 Å². The molecule has 12 heavy (non-hydrogen) atoms. The molecule has 0 radical (unpaired) electrons. The van der Waals surface area contributed by atoms with E-state index in [1.165, 1.54) is 12.8 Å². The Hall–Kier alpha value is -0.790. The van der Waals surface area contributed by atoms with Crippen molar-refractivity contribution in [3.05, 3.63) is 12.2 Å². The van der Waals surface area contributed by atoms with Crippen LogP contribution in [0.2, 0.25) is 0 Å². The highest BCUT2D eigenvalue weighted by molar-refractivity contribution is 5.89. The third-order valence-corrected chi connectivity index (χ3v) is 2.17. The Balaban J connectivity index is 2.19. The maximum Gasteiger partial charge on any atom is 0.333 e. The van der Waals surface area contributed by atoms with Crippen molar-refractivity contribution in [2.45, 2.75) is 45.1 Å². The van der Waals surface area contributed by atoms with E-state index in [9.17, 15) is 4.79 Å². The maximum absolute atomic E-state index is 10.9. The molecule has 1 rings (SSSR count). The van der Waals surface area contributed by atoms with E-state index in [1.807, 2.05) is 0 Å². The van der Waals surface area contributed by atoms with E-state index in [-0.39, 0.29) is 12.1 Å². The van der Waals surface area contributed by atoms with Crippen molar-refractivity contribution >= 4 is 5.97 Å². The molecule has 0 N–H and O–H groups in total. The molecule has 1 aliphatic heterocycles. The number of hydrogen-bond acceptors (Lipinski definition) is 2. The first-order valence-corrected chi connectivity index (χ1v) is 4.62. The fraction of sp³-hybridized carbons (Fsp3) is 0.700. The highest BCUT2D eigenvalue weighted by atomic mass is 16.5. The number of carbonyl (C=O) groups is 1. The van der Waals surface area contributed by atoms with Gasteiger partial charge in [0.15, 0.2) is 0 Å². The molecule has 0 aromatic rings. The van der Waals surface area contributed by atoms with Crippen LogP contribution in [0.5, 0.6) is 0 Å². The zero-order valence-corrected chi connectivity index (χ0v) is 7.64. The molecule has 2 nitrogen and oxygen atoms in total. The van der Waals surface area contributed by atoms with Gasteiger partial charge in [-0.1, -0.05) is 26.3 Å². The van der Waals surface area contributed by atoms with E-state index >= 15 is 0 Å². The lowest BCUT2D eigenvalue weighted by Crippen LogP contribution is -2.05. The number of hydrogen-bond donors (Lipinski definition) is 0. The first-order chi connectivity index (χ1) is 5.74. The minimum absolute atomic E-state index is 0.122. The average molecular weight is 168 g/mol. The maximum atomic E-state index is 10.9. The van der Waals surface area contributed by atoms with Gasteiger partial charge in [-0.2, -0.15) is 0 Å². The van der Waals surface area contributed by atoms with Gasteiger partial charge in [-0.05, 0) is 12.8 Å². The zero-order chi connectivity index (χ0) is 8.97. The van der Waals surface area contributed by atoms with Gasteiger partial charge >= 0.3 is 5.97 Å². The number of ether oxygens (including phenoxy) is 1. The smallest absolute Gasteiger partial charge is 0.333 e. The Labute approximate surface area is 73.6 Å². The van der Waals surface area contributed by atoms with Gasteiger partial charge in [0.1, 0.15) is 6.10 Å². The summed E-state index contributed by atoms with van der Waals surface area (Å²) in [7, 11) is 0. The van der Waals surface area contributed by atoms with Crippen LogP contribution in [0.3, 0.4) is 0 Å². The summed E-state index contributed by atoms with van der Waals surface area (Å²) in [5, 5.41) is 0. The van der Waals surface area contributed by atoms with Crippen molar-refractivity contribution in [2.24, 2.45) is 0 Å². The van der Waals surface area contributed by atoms with E-state index in [4.69, 9.17) is 4.74 Å². The van der Waals surface area contributed by atoms with E-state index in [0.29, 0.717) is 5.57 Å². The summed E-state index contributed by atoms with van der Waals surface area (Å²) >= 11 is 0. The molecule has 0 aliphatic carbocycles. The van der Waals surface area contributed by atoms with Crippen LogP contribution in [-0.2, 0) is 9.53 Å². The average Bonchev–Trinajstić information content (AvgIpc) is 2.32. The summed E-state index contributed by atoms with van der Waals surface area (Å²) < 4.78 is 5.08. The van der Waals surface area contributed by atoms with Crippen molar-refractivity contribution in [3.63, 3.8) is 0 Å². The molecule has 1 heterocycles. The molecule has 1 unspecified atom stereocenters. The lowest BCUT2D eigenvalue weighted by molar-refractivity contribution is -0.139. The monoisotopic (exact) mass is 168 g/mol. The van der Waals surface area contributed by atoms with Crippen LogP contribution in [0, 0.1) is 0 Å². The van der Waals surface area contributed by atoms with E-state index in [0.717, 1.165) is 19.3 Å². The summed E-state index contributed by atoms with van der Waals surface area (Å²) in [6.45, 7) is 5.81. The third kappa shape index (κ3) is 2.36. The Morgan fingerprint density at radius 2 is 2.33 bits per heavy atom. The predicted molar refractivity (Wildman–Crippen MR) is 47.8 cm³/mol. The molecular weight excluding hydrogens is 152 g/mol. The van der Waals surface area contributed by atoms with Crippen molar-refractivity contribution in [3.8, 4) is 0 Å². The first kappa shape index (κ1) is 9.30. The van der Waals surface area contributed by atoms with Crippen LogP contribution in [-0.4, -0.2) is 12.1 Å². The van der Waals surface area contributed by atoms with Gasteiger partial charge in [-0.15, -0.1) is 0 Å². The molecule has 1 saturated heterocycles. The Bertz CT molecular complexity index is 168. The molecular formula is C10H16O2. The topological polar surface area (TPSA) is 26.3 Å². The van der Waals surface area contributed by atoms with Crippen LogP contribution < -0.4 is 0 Å². The number of rotatable bonds is 4. The molecule has 0 spiro atoms. The van der Waals surface area contributed by atoms with Crippen LogP contribution in [0.15, 0.2) is 12.2 Å². The normalized spacial score (nSPS) is 22.9. The van der Waals surface area contributed by atoms with Crippen molar-refractivity contribution in [1.82, 2.24) is 0 Å². The van der Waals surface area contributed by atoms with E-state index < -0.39 is 0 Å². The van der Waals surface area contributed by atoms with Gasteiger partial charge in [0.2, 0.25) is 0 Å². The van der Waals surface area contributed by atoms with E-state index in [2.05, 4.69) is 13.5 Å². The van der Waals surface area contributed by atoms with Gasteiger partial charge in [0.05, 0.1) is 0 Å². The highest BCUT2D eigenvalue weighted by Gasteiger charge is 2.26. The molecule has 0 aromatic carbocycles. The minimum atomic E-state index is -0.198. The fourth-order valence-corrected chi connectivity index (χ4v) is 1.42. The molecule has 0 amide bonds. The Kier molecular flexibility index (Phi) is 3.32. The van der Waals surface area contributed by atoms with Crippen LogP contribution >= 0.6 is 0 Å². The van der Waals surface area contributed by atoms with Crippen molar-refractivity contribution < 1.29 is 9.53 Å². The molecule has 0 aromatic heterocycles. The van der Waals surface area contributed by atoms with E-state index in [1.54, 1.807) is 0 Å². The lowest BCUT2D eigenvalue weighted by atomic mass is 10.1. The van der Waals surface area contributed by atoms with Gasteiger partial charge < -0.3 is 4.74 Å². The minimum Gasteiger partial charge on any atom is -0.459 e. The summed E-state index contributed by atoms with van der Waals surface area (Å²) in [5.74, 6) is -0.198. The fourth-order valence-electron chi connectivity index (χ4n) is 1.42. The molecule has 1 fully saturated rings. The lowest BCUT2D eigenvalue weighted by Gasteiger charge is -2.06. The third-order valence-electron chi connectivity index (χ3n) is 2.17. The Morgan fingerprint density at radius 1 is 1.58 bits per heavy atom. The molecule has 0 saturated carbocycles. The van der Waals surface area contributed by atoms with Crippen LogP contribution in [0.25, 0.3) is 0 Å². The predicted octanol–water partition coefficient (Wildman–Crippen LogP) is 2.44. The van der Waals surface area contributed by atoms with Gasteiger partial charge in [-0.25, -0.2) is 4.79 Å². The largest absolute Gasteiger partial charge is 0.459 e. The summed E-state index contributed by atoms with van der Waals surface area (Å²) in [4.78, 5) is 10.9. The van der Waals surface area contributed by atoms with Crippen molar-refractivity contribution in [1.29, 1.82) is 0 Å². The second kappa shape index (κ2) is 4.29. The second-order valence-electron chi connectivity index (χ2n) is 3.33. The number of esters is 1. The van der Waals surface area contributed by atoms with Crippen molar-refractivity contribution in [2.75, 3.05) is 0 Å². The highest BCUT2D eigenvalue weighted by Crippen LogP contribution is 2.22. The number of carbonyl (C=O) groups excluding carboxylic acids is 1. The van der Waals surface area contributed by atoms with Gasteiger partial charge in [-0.3, -0.25) is 0 Å².